The van der Waals surface area contributed by atoms with Gasteiger partial charge in [0, 0.05) is 32.3 Å². The summed E-state index contributed by atoms with van der Waals surface area (Å²) < 4.78 is 10.7. The summed E-state index contributed by atoms with van der Waals surface area (Å²) in [4.78, 5) is 14.4. The van der Waals surface area contributed by atoms with Gasteiger partial charge in [0.25, 0.3) is 11.6 Å². The average molecular weight is 327 g/mol. The van der Waals surface area contributed by atoms with Gasteiger partial charge in [-0.3, -0.25) is 10.1 Å². The zero-order chi connectivity index (χ0) is 17.8. The molecular formula is C15H13N5O4. The maximum atomic E-state index is 10.8. The van der Waals surface area contributed by atoms with E-state index in [2.05, 4.69) is 17.1 Å². The maximum absolute atomic E-state index is 10.8. The standard InChI is InChI=1S/C15H13N5O4/c1-23-15(24-2)14(8-17)11(13(14,7-16)12(18)19-15)9-3-5-10(6-4-9)20(21)22/h3-6,11H,1-2H3,(H2,18,19). The van der Waals surface area contributed by atoms with Crippen LogP contribution in [0.4, 0.5) is 5.69 Å². The number of hydrogen-bond donors (Lipinski definition) is 1. The molecule has 9 heteroatoms. The summed E-state index contributed by atoms with van der Waals surface area (Å²) in [6, 6.07) is 9.84. The van der Waals surface area contributed by atoms with Crippen LogP contribution in [0.3, 0.4) is 0 Å². The van der Waals surface area contributed by atoms with Crippen LogP contribution in [0.2, 0.25) is 0 Å². The third kappa shape index (κ3) is 1.41. The number of hydrogen-bond acceptors (Lipinski definition) is 8. The lowest BCUT2D eigenvalue weighted by molar-refractivity contribution is -0.384. The Labute approximate surface area is 137 Å². The van der Waals surface area contributed by atoms with Gasteiger partial charge in [-0.1, -0.05) is 12.1 Å². The Bertz CT molecular complexity index is 833. The number of amidine groups is 1. The first-order chi connectivity index (χ1) is 11.4. The number of benzene rings is 1. The first-order valence-electron chi connectivity index (χ1n) is 6.93. The summed E-state index contributed by atoms with van der Waals surface area (Å²) in [5, 5.41) is 30.4. The highest BCUT2D eigenvalue weighted by molar-refractivity contribution is 6.00. The van der Waals surface area contributed by atoms with Gasteiger partial charge >= 0.3 is 0 Å². The Morgan fingerprint density at radius 2 is 1.83 bits per heavy atom. The van der Waals surface area contributed by atoms with Crippen molar-refractivity contribution in [1.82, 2.24) is 0 Å². The summed E-state index contributed by atoms with van der Waals surface area (Å²) in [5.74, 6) is -2.41. The van der Waals surface area contributed by atoms with Gasteiger partial charge in [-0.25, -0.2) is 4.99 Å². The van der Waals surface area contributed by atoms with Crippen LogP contribution in [0.1, 0.15) is 11.5 Å². The lowest BCUT2D eigenvalue weighted by Gasteiger charge is -2.29. The minimum atomic E-state index is -1.70. The predicted molar refractivity (Wildman–Crippen MR) is 80.3 cm³/mol. The Balaban J connectivity index is 2.17. The molecule has 3 atom stereocenters. The van der Waals surface area contributed by atoms with Crippen molar-refractivity contribution in [2.45, 2.75) is 11.8 Å². The fourth-order valence-corrected chi connectivity index (χ4v) is 3.81. The first kappa shape index (κ1) is 15.9. The monoisotopic (exact) mass is 327 g/mol. The molecule has 3 unspecified atom stereocenters. The van der Waals surface area contributed by atoms with Gasteiger partial charge in [-0.05, 0) is 5.56 Å². The van der Waals surface area contributed by atoms with E-state index in [1.165, 1.54) is 38.5 Å². The molecule has 0 bridgehead atoms. The van der Waals surface area contributed by atoms with E-state index in [1.54, 1.807) is 0 Å². The zero-order valence-electron chi connectivity index (χ0n) is 12.9. The Kier molecular flexibility index (Phi) is 3.14. The molecule has 1 aliphatic heterocycles. The second-order valence-electron chi connectivity index (χ2n) is 5.61. The normalized spacial score (nSPS) is 32.2. The number of rotatable bonds is 4. The summed E-state index contributed by atoms with van der Waals surface area (Å²) in [7, 11) is 2.63. The number of ether oxygens (including phenoxy) is 2. The van der Waals surface area contributed by atoms with Crippen LogP contribution in [-0.2, 0) is 9.47 Å². The van der Waals surface area contributed by atoms with Gasteiger partial charge < -0.3 is 15.2 Å². The minimum Gasteiger partial charge on any atom is -0.386 e. The molecule has 0 amide bonds. The molecule has 1 aliphatic carbocycles. The van der Waals surface area contributed by atoms with Crippen molar-refractivity contribution in [2.75, 3.05) is 14.2 Å². The quantitative estimate of drug-likeness (QED) is 0.493. The van der Waals surface area contributed by atoms with Gasteiger partial charge in [-0.2, -0.15) is 10.5 Å². The average Bonchev–Trinajstić information content (AvgIpc) is 3.17. The molecule has 122 valence electrons. The molecule has 0 saturated heterocycles. The van der Waals surface area contributed by atoms with Crippen LogP contribution < -0.4 is 5.73 Å². The van der Waals surface area contributed by atoms with Crippen LogP contribution in [0, 0.1) is 43.6 Å². The van der Waals surface area contributed by atoms with Crippen LogP contribution in [0.5, 0.6) is 0 Å². The van der Waals surface area contributed by atoms with Gasteiger partial charge in [0.15, 0.2) is 5.41 Å². The highest BCUT2D eigenvalue weighted by Crippen LogP contribution is 2.81. The number of nitro groups is 1. The highest BCUT2D eigenvalue weighted by atomic mass is 16.7. The summed E-state index contributed by atoms with van der Waals surface area (Å²) >= 11 is 0. The van der Waals surface area contributed by atoms with Crippen molar-refractivity contribution < 1.29 is 14.4 Å². The van der Waals surface area contributed by atoms with E-state index in [0.717, 1.165) is 0 Å². The molecule has 1 aromatic carbocycles. The fourth-order valence-electron chi connectivity index (χ4n) is 3.81. The van der Waals surface area contributed by atoms with E-state index in [-0.39, 0.29) is 11.5 Å². The topological polar surface area (TPSA) is 148 Å². The number of non-ortho nitro benzene ring substituents is 1. The van der Waals surface area contributed by atoms with Crippen LogP contribution in [0.15, 0.2) is 29.3 Å². The molecule has 1 fully saturated rings. The minimum absolute atomic E-state index is 0.0430. The second-order valence-corrected chi connectivity index (χ2v) is 5.61. The van der Waals surface area contributed by atoms with Gasteiger partial charge in [0.1, 0.15) is 11.3 Å². The fraction of sp³-hybridized carbons (Fsp3) is 0.400. The molecule has 0 spiro atoms. The number of nitrogens with zero attached hydrogens (tertiary/aromatic N) is 4. The van der Waals surface area contributed by atoms with Crippen molar-refractivity contribution in [3.63, 3.8) is 0 Å². The van der Waals surface area contributed by atoms with E-state index in [0.29, 0.717) is 5.56 Å². The van der Waals surface area contributed by atoms with Crippen molar-refractivity contribution >= 4 is 11.5 Å². The van der Waals surface area contributed by atoms with Crippen LogP contribution in [-0.4, -0.2) is 30.9 Å². The highest BCUT2D eigenvalue weighted by Gasteiger charge is 2.93. The van der Waals surface area contributed by atoms with Crippen LogP contribution in [0.25, 0.3) is 0 Å². The molecular weight excluding hydrogens is 314 g/mol. The van der Waals surface area contributed by atoms with Gasteiger partial charge in [0.2, 0.25) is 0 Å². The number of nitro benzene ring substituents is 1. The van der Waals surface area contributed by atoms with Crippen molar-refractivity contribution in [3.05, 3.63) is 39.9 Å². The Hall–Kier alpha value is -3.01. The molecule has 1 saturated carbocycles. The van der Waals surface area contributed by atoms with Crippen molar-refractivity contribution in [1.29, 1.82) is 10.5 Å². The third-order valence-electron chi connectivity index (χ3n) is 4.92. The molecule has 2 N–H and O–H groups in total. The first-order valence-corrected chi connectivity index (χ1v) is 6.93. The van der Waals surface area contributed by atoms with Crippen molar-refractivity contribution in [3.8, 4) is 12.1 Å². The summed E-state index contributed by atoms with van der Waals surface area (Å²) in [6.45, 7) is 0. The SMILES string of the molecule is COC1(OC)N=C(N)C2(C#N)C(c3ccc([N+](=O)[O-])cc3)C12C#N. The van der Waals surface area contributed by atoms with E-state index < -0.39 is 27.6 Å². The van der Waals surface area contributed by atoms with Gasteiger partial charge in [-0.15, -0.1) is 0 Å². The third-order valence-corrected chi connectivity index (χ3v) is 4.92. The van der Waals surface area contributed by atoms with E-state index in [4.69, 9.17) is 15.2 Å². The number of aliphatic imine (C=N–C) groups is 1. The molecule has 9 nitrogen and oxygen atoms in total. The van der Waals surface area contributed by atoms with E-state index >= 15 is 0 Å². The largest absolute Gasteiger partial charge is 0.386 e. The molecule has 3 rings (SSSR count). The number of methoxy groups -OCH3 is 2. The molecule has 0 aromatic heterocycles. The second kappa shape index (κ2) is 4.74. The van der Waals surface area contributed by atoms with E-state index in [9.17, 15) is 20.6 Å². The van der Waals surface area contributed by atoms with Gasteiger partial charge in [0.05, 0.1) is 17.1 Å². The molecule has 1 aromatic rings. The molecule has 2 aliphatic rings. The maximum Gasteiger partial charge on any atom is 0.292 e. The van der Waals surface area contributed by atoms with E-state index in [1.807, 2.05) is 0 Å². The number of nitrogens with two attached hydrogens (primary N) is 1. The Morgan fingerprint density at radius 3 is 2.25 bits per heavy atom. The smallest absolute Gasteiger partial charge is 0.292 e. The Morgan fingerprint density at radius 1 is 1.25 bits per heavy atom. The predicted octanol–water partition coefficient (Wildman–Crippen LogP) is 1.03. The number of nitriles is 2. The zero-order valence-corrected chi connectivity index (χ0v) is 12.9. The number of fused-ring (bicyclic) bond motifs is 1. The lowest BCUT2D eigenvalue weighted by atomic mass is 9.93. The summed E-state index contributed by atoms with van der Waals surface area (Å²) in [6.07, 6.45) is 0. The molecule has 0 radical (unpaired) electrons. The molecule has 24 heavy (non-hydrogen) atoms. The molecule has 1 heterocycles. The van der Waals surface area contributed by atoms with Crippen molar-refractivity contribution in [2.24, 2.45) is 21.6 Å². The van der Waals surface area contributed by atoms with Crippen LogP contribution >= 0.6 is 0 Å². The lowest BCUT2D eigenvalue weighted by Crippen LogP contribution is -2.41. The summed E-state index contributed by atoms with van der Waals surface area (Å²) in [5.41, 5.74) is 3.57.